The van der Waals surface area contributed by atoms with Gasteiger partial charge in [-0.3, -0.25) is 0 Å². The molecule has 0 unspecified atom stereocenters. The van der Waals surface area contributed by atoms with E-state index in [9.17, 15) is 4.39 Å². The van der Waals surface area contributed by atoms with E-state index in [0.717, 1.165) is 11.4 Å². The molecule has 0 aliphatic rings. The highest BCUT2D eigenvalue weighted by atomic mass is 19.1. The second kappa shape index (κ2) is 5.82. The van der Waals surface area contributed by atoms with Crippen molar-refractivity contribution >= 4 is 0 Å². The van der Waals surface area contributed by atoms with Crippen LogP contribution in [0.15, 0.2) is 42.9 Å². The third-order valence-corrected chi connectivity index (χ3v) is 3.48. The molecule has 0 radical (unpaired) electrons. The number of halogens is 1. The predicted molar refractivity (Wildman–Crippen MR) is 79.3 cm³/mol. The molecule has 22 heavy (non-hydrogen) atoms. The number of benzene rings is 1. The molecule has 0 amide bonds. The van der Waals surface area contributed by atoms with E-state index in [4.69, 9.17) is 5.26 Å². The van der Waals surface area contributed by atoms with E-state index in [0.29, 0.717) is 24.5 Å². The van der Waals surface area contributed by atoms with Crippen molar-refractivity contribution in [3.63, 3.8) is 0 Å². The van der Waals surface area contributed by atoms with Crippen molar-refractivity contribution in [2.75, 3.05) is 0 Å². The number of rotatable bonds is 4. The Labute approximate surface area is 127 Å². The molecule has 3 rings (SSSR count). The van der Waals surface area contributed by atoms with Gasteiger partial charge in [0.15, 0.2) is 0 Å². The standard InChI is InChI=1S/C16H14FN5/c1-2-22-14(17)10-20-15(22)11-21-7-6-19-16(21)13-5-3-4-12(8-13)9-18/h3-8,10H,2,11H2,1H3. The minimum atomic E-state index is -0.342. The monoisotopic (exact) mass is 295 g/mol. The highest BCUT2D eigenvalue weighted by Crippen LogP contribution is 2.19. The lowest BCUT2D eigenvalue weighted by atomic mass is 10.1. The summed E-state index contributed by atoms with van der Waals surface area (Å²) in [5.41, 5.74) is 1.42. The lowest BCUT2D eigenvalue weighted by Gasteiger charge is -2.09. The van der Waals surface area contributed by atoms with Crippen molar-refractivity contribution in [2.24, 2.45) is 0 Å². The third kappa shape index (κ3) is 2.49. The molecule has 6 heteroatoms. The molecule has 3 aromatic rings. The van der Waals surface area contributed by atoms with Gasteiger partial charge in [0.25, 0.3) is 0 Å². The number of hydrogen-bond acceptors (Lipinski definition) is 3. The Bertz CT molecular complexity index is 840. The van der Waals surface area contributed by atoms with Gasteiger partial charge in [0.1, 0.15) is 11.6 Å². The maximum atomic E-state index is 13.6. The van der Waals surface area contributed by atoms with E-state index in [-0.39, 0.29) is 5.95 Å². The molecular weight excluding hydrogens is 281 g/mol. The Balaban J connectivity index is 1.97. The van der Waals surface area contributed by atoms with Gasteiger partial charge in [0, 0.05) is 24.5 Å². The van der Waals surface area contributed by atoms with Crippen molar-refractivity contribution in [1.82, 2.24) is 19.1 Å². The molecular formula is C16H14FN5. The minimum absolute atomic E-state index is 0.342. The normalized spacial score (nSPS) is 10.6. The maximum Gasteiger partial charge on any atom is 0.213 e. The van der Waals surface area contributed by atoms with Gasteiger partial charge < -0.3 is 9.13 Å². The number of aromatic nitrogens is 4. The molecule has 0 saturated carbocycles. The highest BCUT2D eigenvalue weighted by Gasteiger charge is 2.12. The summed E-state index contributed by atoms with van der Waals surface area (Å²) in [6, 6.07) is 9.36. The molecule has 2 heterocycles. The number of nitrogens with zero attached hydrogens (tertiary/aromatic N) is 5. The summed E-state index contributed by atoms with van der Waals surface area (Å²) >= 11 is 0. The SMILES string of the molecule is CCn1c(F)cnc1Cn1ccnc1-c1cccc(C#N)c1. The third-order valence-electron chi connectivity index (χ3n) is 3.48. The topological polar surface area (TPSA) is 59.4 Å². The first-order valence-electron chi connectivity index (χ1n) is 6.94. The minimum Gasteiger partial charge on any atom is -0.323 e. The van der Waals surface area contributed by atoms with Crippen LogP contribution in [-0.2, 0) is 13.1 Å². The molecule has 5 nitrogen and oxygen atoms in total. The van der Waals surface area contributed by atoms with Crippen LogP contribution in [0.25, 0.3) is 11.4 Å². The Hall–Kier alpha value is -2.94. The van der Waals surface area contributed by atoms with Crippen LogP contribution in [-0.4, -0.2) is 19.1 Å². The summed E-state index contributed by atoms with van der Waals surface area (Å²) in [5, 5.41) is 9.00. The maximum absolute atomic E-state index is 13.6. The van der Waals surface area contributed by atoms with Crippen molar-refractivity contribution in [1.29, 1.82) is 5.26 Å². The van der Waals surface area contributed by atoms with Crippen LogP contribution in [0.1, 0.15) is 18.3 Å². The van der Waals surface area contributed by atoms with E-state index in [1.165, 1.54) is 10.8 Å². The number of imidazole rings is 2. The fraction of sp³-hybridized carbons (Fsp3) is 0.188. The summed E-state index contributed by atoms with van der Waals surface area (Å²) in [4.78, 5) is 8.46. The first kappa shape index (κ1) is 14.0. The van der Waals surface area contributed by atoms with Gasteiger partial charge in [-0.15, -0.1) is 0 Å². The second-order valence-corrected chi connectivity index (χ2v) is 4.81. The summed E-state index contributed by atoms with van der Waals surface area (Å²) in [7, 11) is 0. The summed E-state index contributed by atoms with van der Waals surface area (Å²) in [5.74, 6) is 1.02. The number of hydrogen-bond donors (Lipinski definition) is 0. The van der Waals surface area contributed by atoms with Gasteiger partial charge in [-0.05, 0) is 19.1 Å². The fourth-order valence-electron chi connectivity index (χ4n) is 2.43. The molecule has 0 aliphatic carbocycles. The van der Waals surface area contributed by atoms with Gasteiger partial charge in [-0.1, -0.05) is 12.1 Å². The fourth-order valence-corrected chi connectivity index (χ4v) is 2.43. The largest absolute Gasteiger partial charge is 0.323 e. The van der Waals surface area contributed by atoms with Crippen LogP contribution >= 0.6 is 0 Å². The Morgan fingerprint density at radius 2 is 2.18 bits per heavy atom. The molecule has 2 aromatic heterocycles. The average molecular weight is 295 g/mol. The molecule has 0 bridgehead atoms. The first-order valence-corrected chi connectivity index (χ1v) is 6.94. The van der Waals surface area contributed by atoms with Crippen molar-refractivity contribution < 1.29 is 4.39 Å². The second-order valence-electron chi connectivity index (χ2n) is 4.81. The quantitative estimate of drug-likeness (QED) is 0.743. The molecule has 110 valence electrons. The molecule has 0 N–H and O–H groups in total. The average Bonchev–Trinajstić information content (AvgIpc) is 3.14. The van der Waals surface area contributed by atoms with Gasteiger partial charge in [0.05, 0.1) is 24.4 Å². The van der Waals surface area contributed by atoms with Crippen LogP contribution in [0.5, 0.6) is 0 Å². The zero-order chi connectivity index (χ0) is 15.5. The summed E-state index contributed by atoms with van der Waals surface area (Å²) < 4.78 is 17.0. The predicted octanol–water partition coefficient (Wildman–Crippen LogP) is 2.83. The van der Waals surface area contributed by atoms with Crippen LogP contribution in [0.3, 0.4) is 0 Å². The van der Waals surface area contributed by atoms with Crippen LogP contribution in [0, 0.1) is 17.3 Å². The summed E-state index contributed by atoms with van der Waals surface area (Å²) in [6.07, 6.45) is 4.73. The molecule has 0 atom stereocenters. The lowest BCUT2D eigenvalue weighted by Crippen LogP contribution is -2.09. The van der Waals surface area contributed by atoms with E-state index in [2.05, 4.69) is 16.0 Å². The van der Waals surface area contributed by atoms with E-state index in [1.54, 1.807) is 18.3 Å². The smallest absolute Gasteiger partial charge is 0.213 e. The van der Waals surface area contributed by atoms with E-state index in [1.807, 2.05) is 29.8 Å². The number of nitriles is 1. The molecule has 0 fully saturated rings. The van der Waals surface area contributed by atoms with Gasteiger partial charge in [0.2, 0.25) is 5.95 Å². The van der Waals surface area contributed by atoms with Crippen LogP contribution in [0.2, 0.25) is 0 Å². The zero-order valence-corrected chi connectivity index (χ0v) is 12.1. The lowest BCUT2D eigenvalue weighted by molar-refractivity contribution is 0.491. The Morgan fingerprint density at radius 1 is 1.32 bits per heavy atom. The van der Waals surface area contributed by atoms with E-state index < -0.39 is 0 Å². The Kier molecular flexibility index (Phi) is 3.71. The van der Waals surface area contributed by atoms with Gasteiger partial charge in [-0.25, -0.2) is 9.97 Å². The molecule has 0 spiro atoms. The van der Waals surface area contributed by atoms with Crippen molar-refractivity contribution in [2.45, 2.75) is 20.0 Å². The van der Waals surface area contributed by atoms with Gasteiger partial charge >= 0.3 is 0 Å². The van der Waals surface area contributed by atoms with Crippen molar-refractivity contribution in [3.8, 4) is 17.5 Å². The van der Waals surface area contributed by atoms with Crippen molar-refractivity contribution in [3.05, 3.63) is 60.2 Å². The summed E-state index contributed by atoms with van der Waals surface area (Å²) in [6.45, 7) is 2.82. The first-order chi connectivity index (χ1) is 10.7. The van der Waals surface area contributed by atoms with Crippen LogP contribution < -0.4 is 0 Å². The molecule has 0 aliphatic heterocycles. The zero-order valence-electron chi connectivity index (χ0n) is 12.1. The van der Waals surface area contributed by atoms with Crippen LogP contribution in [0.4, 0.5) is 4.39 Å². The van der Waals surface area contributed by atoms with Gasteiger partial charge in [-0.2, -0.15) is 9.65 Å². The molecule has 0 saturated heterocycles. The van der Waals surface area contributed by atoms with E-state index >= 15 is 0 Å². The Morgan fingerprint density at radius 3 is 2.95 bits per heavy atom. The highest BCUT2D eigenvalue weighted by molar-refractivity contribution is 5.58. The molecule has 1 aromatic carbocycles.